The van der Waals surface area contributed by atoms with Crippen molar-refractivity contribution in [2.45, 2.75) is 64.7 Å². The SMILES string of the molecule is CCCCCCC(CCC)c1ncnc2[nH]cnc12. The lowest BCUT2D eigenvalue weighted by molar-refractivity contribution is 0.514. The summed E-state index contributed by atoms with van der Waals surface area (Å²) in [7, 11) is 0. The van der Waals surface area contributed by atoms with Gasteiger partial charge in [-0.15, -0.1) is 0 Å². The first-order chi connectivity index (χ1) is 9.36. The summed E-state index contributed by atoms with van der Waals surface area (Å²) in [4.78, 5) is 16.2. The van der Waals surface area contributed by atoms with E-state index in [-0.39, 0.29) is 0 Å². The van der Waals surface area contributed by atoms with E-state index in [9.17, 15) is 0 Å². The Bertz CT molecular complexity index is 492. The Morgan fingerprint density at radius 2 is 1.89 bits per heavy atom. The van der Waals surface area contributed by atoms with Crippen molar-refractivity contribution in [2.24, 2.45) is 0 Å². The predicted molar refractivity (Wildman–Crippen MR) is 78.1 cm³/mol. The zero-order valence-electron chi connectivity index (χ0n) is 12.0. The van der Waals surface area contributed by atoms with Crippen LogP contribution in [0.2, 0.25) is 0 Å². The molecule has 1 atom stereocenters. The average Bonchev–Trinajstić information content (AvgIpc) is 2.90. The van der Waals surface area contributed by atoms with Crippen molar-refractivity contribution >= 4 is 11.2 Å². The first-order valence-electron chi connectivity index (χ1n) is 7.50. The lowest BCUT2D eigenvalue weighted by Crippen LogP contribution is -2.03. The first kappa shape index (κ1) is 14.0. The van der Waals surface area contributed by atoms with Gasteiger partial charge in [0.05, 0.1) is 12.0 Å². The molecule has 19 heavy (non-hydrogen) atoms. The van der Waals surface area contributed by atoms with Crippen molar-refractivity contribution in [1.29, 1.82) is 0 Å². The summed E-state index contributed by atoms with van der Waals surface area (Å²) in [6, 6.07) is 0. The van der Waals surface area contributed by atoms with Crippen LogP contribution in [0.4, 0.5) is 0 Å². The van der Waals surface area contributed by atoms with Crippen LogP contribution in [0.15, 0.2) is 12.7 Å². The number of H-pyrrole nitrogens is 1. The van der Waals surface area contributed by atoms with Gasteiger partial charge >= 0.3 is 0 Å². The number of hydrogen-bond donors (Lipinski definition) is 1. The minimum Gasteiger partial charge on any atom is -0.329 e. The van der Waals surface area contributed by atoms with E-state index >= 15 is 0 Å². The second-order valence-corrected chi connectivity index (χ2v) is 5.19. The first-order valence-corrected chi connectivity index (χ1v) is 7.50. The van der Waals surface area contributed by atoms with Crippen molar-refractivity contribution in [3.05, 3.63) is 18.3 Å². The highest BCUT2D eigenvalue weighted by Gasteiger charge is 2.16. The van der Waals surface area contributed by atoms with E-state index in [1.54, 1.807) is 12.7 Å². The van der Waals surface area contributed by atoms with Gasteiger partial charge in [-0.2, -0.15) is 0 Å². The number of unbranched alkanes of at least 4 members (excludes halogenated alkanes) is 3. The van der Waals surface area contributed by atoms with E-state index in [1.807, 2.05) is 0 Å². The van der Waals surface area contributed by atoms with Crippen LogP contribution in [0.25, 0.3) is 11.2 Å². The van der Waals surface area contributed by atoms with Crippen molar-refractivity contribution < 1.29 is 0 Å². The maximum Gasteiger partial charge on any atom is 0.160 e. The van der Waals surface area contributed by atoms with Gasteiger partial charge in [0.1, 0.15) is 11.8 Å². The van der Waals surface area contributed by atoms with E-state index < -0.39 is 0 Å². The number of nitrogens with zero attached hydrogens (tertiary/aromatic N) is 3. The molecule has 0 saturated carbocycles. The molecule has 0 radical (unpaired) electrons. The molecule has 1 N–H and O–H groups in total. The summed E-state index contributed by atoms with van der Waals surface area (Å²) in [6.07, 6.45) is 12.2. The zero-order chi connectivity index (χ0) is 13.5. The summed E-state index contributed by atoms with van der Waals surface area (Å²) >= 11 is 0. The van der Waals surface area contributed by atoms with Crippen molar-refractivity contribution in [3.8, 4) is 0 Å². The van der Waals surface area contributed by atoms with Gasteiger partial charge in [0.25, 0.3) is 0 Å². The van der Waals surface area contributed by atoms with Crippen molar-refractivity contribution in [3.63, 3.8) is 0 Å². The molecule has 104 valence electrons. The molecule has 2 aromatic heterocycles. The Morgan fingerprint density at radius 1 is 1.00 bits per heavy atom. The summed E-state index contributed by atoms with van der Waals surface area (Å²) < 4.78 is 0. The molecule has 0 aliphatic carbocycles. The lowest BCUT2D eigenvalue weighted by Gasteiger charge is -2.15. The molecule has 0 spiro atoms. The molecular formula is C15H24N4. The van der Waals surface area contributed by atoms with Crippen LogP contribution < -0.4 is 0 Å². The van der Waals surface area contributed by atoms with Gasteiger partial charge in [0.2, 0.25) is 0 Å². The van der Waals surface area contributed by atoms with Crippen LogP contribution in [0.1, 0.15) is 70.4 Å². The summed E-state index contributed by atoms with van der Waals surface area (Å²) in [5, 5.41) is 0. The maximum atomic E-state index is 4.50. The molecule has 2 aromatic rings. The quantitative estimate of drug-likeness (QED) is 0.723. The van der Waals surface area contributed by atoms with Crippen LogP contribution in [0.3, 0.4) is 0 Å². The Labute approximate surface area is 115 Å². The van der Waals surface area contributed by atoms with Gasteiger partial charge < -0.3 is 4.98 Å². The second kappa shape index (κ2) is 7.22. The van der Waals surface area contributed by atoms with Gasteiger partial charge in [-0.3, -0.25) is 0 Å². The molecule has 2 heterocycles. The number of rotatable bonds is 8. The minimum atomic E-state index is 0.524. The molecule has 1 unspecified atom stereocenters. The smallest absolute Gasteiger partial charge is 0.160 e. The minimum absolute atomic E-state index is 0.524. The molecule has 0 fully saturated rings. The largest absolute Gasteiger partial charge is 0.329 e. The monoisotopic (exact) mass is 260 g/mol. The van der Waals surface area contributed by atoms with Crippen molar-refractivity contribution in [1.82, 2.24) is 19.9 Å². The highest BCUT2D eigenvalue weighted by atomic mass is 15.0. The molecule has 0 saturated heterocycles. The van der Waals surface area contributed by atoms with Gasteiger partial charge in [-0.1, -0.05) is 46.0 Å². The van der Waals surface area contributed by atoms with Gasteiger partial charge in [-0.25, -0.2) is 15.0 Å². The van der Waals surface area contributed by atoms with Crippen LogP contribution in [0.5, 0.6) is 0 Å². The number of hydrogen-bond acceptors (Lipinski definition) is 3. The number of nitrogens with one attached hydrogen (secondary N) is 1. The van der Waals surface area contributed by atoms with Crippen LogP contribution in [0, 0.1) is 0 Å². The molecule has 4 heteroatoms. The fourth-order valence-corrected chi connectivity index (χ4v) is 2.67. The fourth-order valence-electron chi connectivity index (χ4n) is 2.67. The second-order valence-electron chi connectivity index (χ2n) is 5.19. The number of fused-ring (bicyclic) bond motifs is 1. The highest BCUT2D eigenvalue weighted by Crippen LogP contribution is 2.29. The molecule has 0 amide bonds. The van der Waals surface area contributed by atoms with Gasteiger partial charge in [0, 0.05) is 5.92 Å². The topological polar surface area (TPSA) is 54.5 Å². The Morgan fingerprint density at radius 3 is 2.68 bits per heavy atom. The summed E-state index contributed by atoms with van der Waals surface area (Å²) in [6.45, 7) is 4.49. The summed E-state index contributed by atoms with van der Waals surface area (Å²) in [5.41, 5.74) is 2.95. The Balaban J connectivity index is 2.11. The number of aromatic amines is 1. The van der Waals surface area contributed by atoms with Crippen molar-refractivity contribution in [2.75, 3.05) is 0 Å². The molecule has 4 nitrogen and oxygen atoms in total. The fraction of sp³-hybridized carbons (Fsp3) is 0.667. The van der Waals surface area contributed by atoms with E-state index in [0.29, 0.717) is 5.92 Å². The third-order valence-corrected chi connectivity index (χ3v) is 3.68. The summed E-state index contributed by atoms with van der Waals surface area (Å²) in [5.74, 6) is 0.524. The van der Waals surface area contributed by atoms with E-state index in [2.05, 4.69) is 33.8 Å². The number of imidazole rings is 1. The van der Waals surface area contributed by atoms with E-state index in [1.165, 1.54) is 44.9 Å². The van der Waals surface area contributed by atoms with Gasteiger partial charge in [-0.05, 0) is 12.8 Å². The Hall–Kier alpha value is -1.45. The number of aromatic nitrogens is 4. The standard InChI is InChI=1S/C15H24N4/c1-3-5-6-7-9-12(8-4-2)13-14-15(18-10-16-13)19-11-17-14/h10-12H,3-9H2,1-2H3,(H,16,17,18,19). The third-order valence-electron chi connectivity index (χ3n) is 3.68. The predicted octanol–water partition coefficient (Wildman–Crippen LogP) is 4.21. The molecule has 2 rings (SSSR count). The van der Waals surface area contributed by atoms with Gasteiger partial charge in [0.15, 0.2) is 5.65 Å². The molecule has 0 aliphatic rings. The highest BCUT2D eigenvalue weighted by molar-refractivity contribution is 5.72. The zero-order valence-corrected chi connectivity index (χ0v) is 12.0. The average molecular weight is 260 g/mol. The van der Waals surface area contributed by atoms with Crippen LogP contribution >= 0.6 is 0 Å². The third kappa shape index (κ3) is 3.52. The molecular weight excluding hydrogens is 236 g/mol. The van der Waals surface area contributed by atoms with E-state index in [0.717, 1.165) is 16.9 Å². The molecule has 0 bridgehead atoms. The lowest BCUT2D eigenvalue weighted by atomic mass is 9.92. The van der Waals surface area contributed by atoms with Crippen LogP contribution in [-0.4, -0.2) is 19.9 Å². The molecule has 0 aliphatic heterocycles. The normalized spacial score (nSPS) is 12.9. The molecule has 0 aromatic carbocycles. The van der Waals surface area contributed by atoms with E-state index in [4.69, 9.17) is 0 Å². The van der Waals surface area contributed by atoms with Crippen LogP contribution in [-0.2, 0) is 0 Å². The Kier molecular flexibility index (Phi) is 5.31. The maximum absolute atomic E-state index is 4.50.